The zero-order valence-corrected chi connectivity index (χ0v) is 12.3. The molecule has 2 N–H and O–H groups in total. The lowest BCUT2D eigenvalue weighted by molar-refractivity contribution is 0.0697. The van der Waals surface area contributed by atoms with Crippen LogP contribution >= 0.6 is 0 Å². The van der Waals surface area contributed by atoms with Crippen LogP contribution in [-0.2, 0) is 10.0 Å². The van der Waals surface area contributed by atoms with E-state index in [1.807, 2.05) is 0 Å². The first-order valence-corrected chi connectivity index (χ1v) is 7.49. The van der Waals surface area contributed by atoms with Crippen LogP contribution in [0.4, 0.5) is 5.69 Å². The Morgan fingerprint density at radius 3 is 2.25 bits per heavy atom. The second-order valence-corrected chi connectivity index (χ2v) is 5.82. The summed E-state index contributed by atoms with van der Waals surface area (Å²) in [6.07, 6.45) is 0.422. The van der Waals surface area contributed by atoms with E-state index in [0.29, 0.717) is 6.42 Å². The van der Waals surface area contributed by atoms with Gasteiger partial charge < -0.3 is 14.6 Å². The van der Waals surface area contributed by atoms with Gasteiger partial charge in [-0.3, -0.25) is 4.72 Å². The van der Waals surface area contributed by atoms with Gasteiger partial charge in [-0.05, 0) is 6.42 Å². The van der Waals surface area contributed by atoms with E-state index in [2.05, 4.69) is 4.72 Å². The number of carboxylic acid groups (broad SMARTS) is 1. The van der Waals surface area contributed by atoms with Gasteiger partial charge in [-0.2, -0.15) is 0 Å². The third-order valence-corrected chi connectivity index (χ3v) is 3.97. The molecule has 1 rings (SSSR count). The number of carbonyl (C=O) groups is 1. The number of sulfonamides is 1. The van der Waals surface area contributed by atoms with Crippen LogP contribution in [0.2, 0.25) is 0 Å². The average Bonchev–Trinajstić information content (AvgIpc) is 2.37. The minimum Gasteiger partial charge on any atom is -0.493 e. The first kappa shape index (κ1) is 16.1. The van der Waals surface area contributed by atoms with E-state index in [1.54, 1.807) is 6.92 Å². The van der Waals surface area contributed by atoms with E-state index in [1.165, 1.54) is 26.4 Å². The second kappa shape index (κ2) is 6.47. The maximum atomic E-state index is 11.8. The molecule has 20 heavy (non-hydrogen) atoms. The third kappa shape index (κ3) is 3.77. The minimum absolute atomic E-state index is 0.0522. The van der Waals surface area contributed by atoms with Crippen LogP contribution in [0.1, 0.15) is 23.7 Å². The molecular formula is C12H17NO6S. The third-order valence-electron chi connectivity index (χ3n) is 2.49. The van der Waals surface area contributed by atoms with Gasteiger partial charge in [0.15, 0.2) is 11.5 Å². The molecule has 0 aliphatic heterocycles. The maximum absolute atomic E-state index is 11.8. The van der Waals surface area contributed by atoms with E-state index in [0.717, 1.165) is 0 Å². The predicted octanol–water partition coefficient (Wildman–Crippen LogP) is 1.55. The predicted molar refractivity (Wildman–Crippen MR) is 74.2 cm³/mol. The Morgan fingerprint density at radius 2 is 1.80 bits per heavy atom. The van der Waals surface area contributed by atoms with Crippen molar-refractivity contribution in [3.8, 4) is 11.5 Å². The number of methoxy groups -OCH3 is 2. The van der Waals surface area contributed by atoms with Crippen LogP contribution in [0.5, 0.6) is 11.5 Å². The van der Waals surface area contributed by atoms with Crippen LogP contribution in [0.15, 0.2) is 12.1 Å². The Hall–Kier alpha value is -1.96. The van der Waals surface area contributed by atoms with Gasteiger partial charge in [0.05, 0.1) is 31.2 Å². The lowest BCUT2D eigenvalue weighted by Gasteiger charge is -2.14. The van der Waals surface area contributed by atoms with Crippen molar-refractivity contribution in [2.75, 3.05) is 24.7 Å². The minimum atomic E-state index is -3.59. The molecular weight excluding hydrogens is 286 g/mol. The van der Waals surface area contributed by atoms with Crippen LogP contribution in [-0.4, -0.2) is 39.5 Å². The fraction of sp³-hybridized carbons (Fsp3) is 0.417. The first-order valence-electron chi connectivity index (χ1n) is 5.84. The molecule has 0 amide bonds. The summed E-state index contributed by atoms with van der Waals surface area (Å²) in [6.45, 7) is 1.71. The van der Waals surface area contributed by atoms with Crippen molar-refractivity contribution in [3.63, 3.8) is 0 Å². The Bertz CT molecular complexity index is 596. The number of rotatable bonds is 7. The Labute approximate surface area is 117 Å². The van der Waals surface area contributed by atoms with Crippen molar-refractivity contribution in [1.82, 2.24) is 0 Å². The molecule has 0 atom stereocenters. The second-order valence-electron chi connectivity index (χ2n) is 3.98. The van der Waals surface area contributed by atoms with E-state index in [9.17, 15) is 13.2 Å². The highest BCUT2D eigenvalue weighted by molar-refractivity contribution is 7.92. The average molecular weight is 303 g/mol. The van der Waals surface area contributed by atoms with Crippen molar-refractivity contribution >= 4 is 21.7 Å². The van der Waals surface area contributed by atoms with Gasteiger partial charge in [-0.15, -0.1) is 0 Å². The number of aromatic carboxylic acids is 1. The van der Waals surface area contributed by atoms with Crippen LogP contribution in [0.25, 0.3) is 0 Å². The maximum Gasteiger partial charge on any atom is 0.337 e. The zero-order chi connectivity index (χ0) is 15.3. The van der Waals surface area contributed by atoms with E-state index >= 15 is 0 Å². The van der Waals surface area contributed by atoms with Crippen LogP contribution in [0.3, 0.4) is 0 Å². The number of benzene rings is 1. The highest BCUT2D eigenvalue weighted by Crippen LogP contribution is 2.33. The SMILES string of the molecule is CCCS(=O)(=O)Nc1cc(OC)c(OC)cc1C(=O)O. The molecule has 0 aromatic heterocycles. The number of carboxylic acids is 1. The molecule has 112 valence electrons. The molecule has 1 aromatic rings. The number of anilines is 1. The van der Waals surface area contributed by atoms with Gasteiger partial charge in [0.1, 0.15) is 0 Å². The molecule has 0 radical (unpaired) electrons. The van der Waals surface area contributed by atoms with Gasteiger partial charge >= 0.3 is 5.97 Å². The van der Waals surface area contributed by atoms with E-state index < -0.39 is 16.0 Å². The summed E-state index contributed by atoms with van der Waals surface area (Å²) >= 11 is 0. The number of hydrogen-bond donors (Lipinski definition) is 2. The van der Waals surface area contributed by atoms with E-state index in [-0.39, 0.29) is 28.5 Å². The fourth-order valence-corrected chi connectivity index (χ4v) is 2.77. The lowest BCUT2D eigenvalue weighted by atomic mass is 10.1. The molecule has 0 fully saturated rings. The quantitative estimate of drug-likeness (QED) is 0.792. The number of hydrogen-bond acceptors (Lipinski definition) is 5. The summed E-state index contributed by atoms with van der Waals surface area (Å²) in [5.74, 6) is -0.907. The smallest absolute Gasteiger partial charge is 0.337 e. The summed E-state index contributed by atoms with van der Waals surface area (Å²) in [4.78, 5) is 11.2. The summed E-state index contributed by atoms with van der Waals surface area (Å²) in [5.41, 5.74) is -0.258. The van der Waals surface area contributed by atoms with Gasteiger partial charge in [-0.25, -0.2) is 13.2 Å². The first-order chi connectivity index (χ1) is 9.34. The molecule has 1 aromatic carbocycles. The number of ether oxygens (including phenoxy) is 2. The van der Waals surface area contributed by atoms with Crippen molar-refractivity contribution in [2.24, 2.45) is 0 Å². The molecule has 0 saturated carbocycles. The van der Waals surface area contributed by atoms with Gasteiger partial charge in [-0.1, -0.05) is 6.92 Å². The molecule has 0 saturated heterocycles. The van der Waals surface area contributed by atoms with Crippen molar-refractivity contribution < 1.29 is 27.8 Å². The summed E-state index contributed by atoms with van der Waals surface area (Å²) < 4.78 is 35.8. The molecule has 0 heterocycles. The van der Waals surface area contributed by atoms with Gasteiger partial charge in [0.25, 0.3) is 0 Å². The van der Waals surface area contributed by atoms with Gasteiger partial charge in [0, 0.05) is 12.1 Å². The largest absolute Gasteiger partial charge is 0.493 e. The Kier molecular flexibility index (Phi) is 5.20. The molecule has 0 aliphatic carbocycles. The topological polar surface area (TPSA) is 102 Å². The van der Waals surface area contributed by atoms with E-state index in [4.69, 9.17) is 14.6 Å². The van der Waals surface area contributed by atoms with Crippen LogP contribution < -0.4 is 14.2 Å². The standard InChI is InChI=1S/C12H17NO6S/c1-4-5-20(16,17)13-9-7-11(19-3)10(18-2)6-8(9)12(14)15/h6-7,13H,4-5H2,1-3H3,(H,14,15). The fourth-order valence-electron chi connectivity index (χ4n) is 1.63. The normalized spacial score (nSPS) is 10.9. The molecule has 0 spiro atoms. The highest BCUT2D eigenvalue weighted by atomic mass is 32.2. The number of nitrogens with one attached hydrogen (secondary N) is 1. The summed E-state index contributed by atoms with van der Waals surface area (Å²) in [7, 11) is -0.852. The van der Waals surface area contributed by atoms with Gasteiger partial charge in [0.2, 0.25) is 10.0 Å². The van der Waals surface area contributed by atoms with Crippen LogP contribution in [0, 0.1) is 0 Å². The lowest BCUT2D eigenvalue weighted by Crippen LogP contribution is -2.18. The summed E-state index contributed by atoms with van der Waals surface area (Å²) in [6, 6.07) is 2.50. The van der Waals surface area contributed by atoms with Crippen molar-refractivity contribution in [1.29, 1.82) is 0 Å². The molecule has 8 heteroatoms. The highest BCUT2D eigenvalue weighted by Gasteiger charge is 2.19. The molecule has 7 nitrogen and oxygen atoms in total. The Balaban J connectivity index is 3.33. The zero-order valence-electron chi connectivity index (χ0n) is 11.5. The molecule has 0 aliphatic rings. The monoisotopic (exact) mass is 303 g/mol. The Morgan fingerprint density at radius 1 is 1.25 bits per heavy atom. The molecule has 0 bridgehead atoms. The summed E-state index contributed by atoms with van der Waals surface area (Å²) in [5, 5.41) is 9.14. The van der Waals surface area contributed by atoms with Crippen molar-refractivity contribution in [3.05, 3.63) is 17.7 Å². The van der Waals surface area contributed by atoms with Crippen molar-refractivity contribution in [2.45, 2.75) is 13.3 Å². The molecule has 0 unspecified atom stereocenters.